The molecule has 0 aliphatic carbocycles. The summed E-state index contributed by atoms with van der Waals surface area (Å²) in [6.45, 7) is 3.85. The number of amides is 1. The Kier molecular flexibility index (Phi) is 2.78. The van der Waals surface area contributed by atoms with E-state index < -0.39 is 4.32 Å². The van der Waals surface area contributed by atoms with Crippen molar-refractivity contribution >= 4 is 27.5 Å². The zero-order valence-electron chi connectivity index (χ0n) is 9.23. The fourth-order valence-electron chi connectivity index (χ4n) is 2.09. The Morgan fingerprint density at radius 2 is 2.12 bits per heavy atom. The number of benzene rings is 1. The number of carbonyl (C=O) groups excluding carboxylic acids is 1. The summed E-state index contributed by atoms with van der Waals surface area (Å²) in [5.74, 6) is -0.394. The van der Waals surface area contributed by atoms with Crippen LogP contribution in [0.15, 0.2) is 12.1 Å². The van der Waals surface area contributed by atoms with Crippen LogP contribution in [0.1, 0.15) is 31.4 Å². The van der Waals surface area contributed by atoms with Gasteiger partial charge in [-0.05, 0) is 30.5 Å². The van der Waals surface area contributed by atoms with Crippen LogP contribution < -0.4 is 5.32 Å². The van der Waals surface area contributed by atoms with E-state index >= 15 is 0 Å². The van der Waals surface area contributed by atoms with Crippen molar-refractivity contribution in [3.8, 4) is 0 Å². The Hall–Kier alpha value is -0.900. The molecule has 1 aromatic carbocycles. The molecule has 86 valence electrons. The van der Waals surface area contributed by atoms with Crippen LogP contribution in [0, 0.1) is 5.82 Å². The number of hydrogen-bond acceptors (Lipinski definition) is 1. The van der Waals surface area contributed by atoms with Gasteiger partial charge in [0.15, 0.2) is 0 Å². The molecule has 0 fully saturated rings. The summed E-state index contributed by atoms with van der Waals surface area (Å²) >= 11 is 3.43. The van der Waals surface area contributed by atoms with Crippen molar-refractivity contribution in [2.75, 3.05) is 5.32 Å². The van der Waals surface area contributed by atoms with Crippen LogP contribution in [0.25, 0.3) is 0 Å². The van der Waals surface area contributed by atoms with Crippen molar-refractivity contribution in [1.82, 2.24) is 0 Å². The van der Waals surface area contributed by atoms with E-state index in [-0.39, 0.29) is 11.7 Å². The molecule has 0 bridgehead atoms. The van der Waals surface area contributed by atoms with E-state index in [1.807, 2.05) is 13.8 Å². The smallest absolute Gasteiger partial charge is 0.245 e. The first-order chi connectivity index (χ1) is 7.52. The highest BCUT2D eigenvalue weighted by atomic mass is 79.9. The van der Waals surface area contributed by atoms with E-state index in [4.69, 9.17) is 0 Å². The Bertz CT molecular complexity index is 461. The maximum atomic E-state index is 13.5. The van der Waals surface area contributed by atoms with Gasteiger partial charge in [0.1, 0.15) is 10.1 Å². The number of nitrogens with one attached hydrogen (secondary N) is 1. The Morgan fingerprint density at radius 3 is 2.69 bits per heavy atom. The largest absolute Gasteiger partial charge is 0.324 e. The molecule has 2 nitrogen and oxygen atoms in total. The third kappa shape index (κ3) is 1.47. The minimum atomic E-state index is -0.769. The molecule has 0 radical (unpaired) electrons. The second-order valence-electron chi connectivity index (χ2n) is 3.95. The van der Waals surface area contributed by atoms with Crippen LogP contribution in [0.5, 0.6) is 0 Å². The van der Waals surface area contributed by atoms with E-state index in [9.17, 15) is 9.18 Å². The SMILES string of the molecule is CCc1cc(F)cc2c1NC(=O)C2(Br)CC. The molecule has 1 aromatic rings. The van der Waals surface area contributed by atoms with Gasteiger partial charge in [-0.1, -0.05) is 29.8 Å². The van der Waals surface area contributed by atoms with Crippen LogP contribution in [-0.2, 0) is 15.5 Å². The van der Waals surface area contributed by atoms with Gasteiger partial charge in [0.25, 0.3) is 0 Å². The van der Waals surface area contributed by atoms with Crippen molar-refractivity contribution < 1.29 is 9.18 Å². The molecule has 0 aromatic heterocycles. The molecule has 1 aliphatic rings. The highest BCUT2D eigenvalue weighted by Crippen LogP contribution is 2.46. The third-order valence-electron chi connectivity index (χ3n) is 3.08. The molecule has 1 amide bonds. The zero-order valence-corrected chi connectivity index (χ0v) is 10.8. The third-order valence-corrected chi connectivity index (χ3v) is 4.43. The van der Waals surface area contributed by atoms with Crippen LogP contribution in [0.4, 0.5) is 10.1 Å². The lowest BCUT2D eigenvalue weighted by Gasteiger charge is -2.17. The first-order valence-corrected chi connectivity index (χ1v) is 6.15. The Balaban J connectivity index is 2.67. The van der Waals surface area contributed by atoms with Gasteiger partial charge in [-0.3, -0.25) is 4.79 Å². The monoisotopic (exact) mass is 285 g/mol. The average molecular weight is 286 g/mol. The molecule has 1 unspecified atom stereocenters. The molecular formula is C12H13BrFNO. The predicted octanol–water partition coefficient (Wildman–Crippen LogP) is 3.34. The molecule has 0 spiro atoms. The number of rotatable bonds is 2. The topological polar surface area (TPSA) is 29.1 Å². The van der Waals surface area contributed by atoms with Crippen molar-refractivity contribution in [3.63, 3.8) is 0 Å². The summed E-state index contributed by atoms with van der Waals surface area (Å²) in [4.78, 5) is 11.9. The summed E-state index contributed by atoms with van der Waals surface area (Å²) in [6, 6.07) is 2.91. The van der Waals surface area contributed by atoms with Crippen molar-refractivity contribution in [2.24, 2.45) is 0 Å². The van der Waals surface area contributed by atoms with E-state index in [0.717, 1.165) is 16.8 Å². The molecule has 4 heteroatoms. The lowest BCUT2D eigenvalue weighted by molar-refractivity contribution is -0.117. The quantitative estimate of drug-likeness (QED) is 0.830. The fraction of sp³-hybridized carbons (Fsp3) is 0.417. The summed E-state index contributed by atoms with van der Waals surface area (Å²) in [7, 11) is 0. The minimum Gasteiger partial charge on any atom is -0.324 e. The van der Waals surface area contributed by atoms with Crippen LogP contribution in [0.3, 0.4) is 0 Å². The number of anilines is 1. The average Bonchev–Trinajstić information content (AvgIpc) is 2.52. The molecule has 0 saturated carbocycles. The molecule has 1 heterocycles. The summed E-state index contributed by atoms with van der Waals surface area (Å²) < 4.78 is 12.7. The van der Waals surface area contributed by atoms with Gasteiger partial charge in [0.05, 0.1) is 0 Å². The molecule has 2 rings (SSSR count). The van der Waals surface area contributed by atoms with Crippen molar-refractivity contribution in [1.29, 1.82) is 0 Å². The van der Waals surface area contributed by atoms with Gasteiger partial charge < -0.3 is 5.32 Å². The van der Waals surface area contributed by atoms with Crippen molar-refractivity contribution in [3.05, 3.63) is 29.1 Å². The second-order valence-corrected chi connectivity index (χ2v) is 5.30. The van der Waals surface area contributed by atoms with Crippen LogP contribution in [0.2, 0.25) is 0 Å². The maximum absolute atomic E-state index is 13.5. The zero-order chi connectivity index (χ0) is 11.9. The summed E-state index contributed by atoms with van der Waals surface area (Å²) in [5.41, 5.74) is 2.34. The second kappa shape index (κ2) is 3.84. The van der Waals surface area contributed by atoms with Gasteiger partial charge in [-0.15, -0.1) is 0 Å². The van der Waals surface area contributed by atoms with Gasteiger partial charge in [0.2, 0.25) is 5.91 Å². The molecule has 1 aliphatic heterocycles. The Labute approximate surface area is 102 Å². The number of carbonyl (C=O) groups is 1. The lowest BCUT2D eigenvalue weighted by atomic mass is 9.95. The highest BCUT2D eigenvalue weighted by molar-refractivity contribution is 9.10. The predicted molar refractivity (Wildman–Crippen MR) is 65.3 cm³/mol. The number of halogens is 2. The lowest BCUT2D eigenvalue weighted by Crippen LogP contribution is -2.26. The molecule has 1 N–H and O–H groups in total. The van der Waals surface area contributed by atoms with E-state index in [2.05, 4.69) is 21.2 Å². The van der Waals surface area contributed by atoms with E-state index in [1.165, 1.54) is 12.1 Å². The molecular weight excluding hydrogens is 273 g/mol. The highest BCUT2D eigenvalue weighted by Gasteiger charge is 2.44. The van der Waals surface area contributed by atoms with Crippen molar-refractivity contribution in [2.45, 2.75) is 31.0 Å². The first-order valence-electron chi connectivity index (χ1n) is 5.36. The van der Waals surface area contributed by atoms with Gasteiger partial charge in [0, 0.05) is 11.3 Å². The van der Waals surface area contributed by atoms with E-state index in [1.54, 1.807) is 0 Å². The maximum Gasteiger partial charge on any atom is 0.245 e. The minimum absolute atomic E-state index is 0.106. The number of hydrogen-bond donors (Lipinski definition) is 1. The number of alkyl halides is 1. The molecule has 16 heavy (non-hydrogen) atoms. The van der Waals surface area contributed by atoms with Gasteiger partial charge in [-0.2, -0.15) is 0 Å². The van der Waals surface area contributed by atoms with Crippen LogP contribution >= 0.6 is 15.9 Å². The fourth-order valence-corrected chi connectivity index (χ4v) is 2.50. The molecule has 1 atom stereocenters. The molecule has 0 saturated heterocycles. The van der Waals surface area contributed by atoms with Crippen LogP contribution in [-0.4, -0.2) is 5.91 Å². The first kappa shape index (κ1) is 11.6. The summed E-state index contributed by atoms with van der Waals surface area (Å²) in [6.07, 6.45) is 1.30. The van der Waals surface area contributed by atoms with Gasteiger partial charge >= 0.3 is 0 Å². The van der Waals surface area contributed by atoms with E-state index in [0.29, 0.717) is 12.8 Å². The number of aryl methyl sites for hydroxylation is 1. The number of fused-ring (bicyclic) bond motifs is 1. The standard InChI is InChI=1S/C12H13BrFNO/c1-3-7-5-8(14)6-9-10(7)15-11(16)12(9,13)4-2/h5-6H,3-4H2,1-2H3,(H,15,16). The Morgan fingerprint density at radius 1 is 1.44 bits per heavy atom. The van der Waals surface area contributed by atoms with Gasteiger partial charge in [-0.25, -0.2) is 4.39 Å². The normalized spacial score (nSPS) is 23.1. The summed E-state index contributed by atoms with van der Waals surface area (Å²) in [5, 5.41) is 2.83.